The number of carbonyl (C=O) groups excluding carboxylic acids is 1. The topological polar surface area (TPSA) is 78.5 Å². The van der Waals surface area contributed by atoms with Crippen LogP contribution in [0.5, 0.6) is 0 Å². The van der Waals surface area contributed by atoms with Gasteiger partial charge in [-0.05, 0) is 38.0 Å². The van der Waals surface area contributed by atoms with Crippen molar-refractivity contribution in [3.05, 3.63) is 27.4 Å². The van der Waals surface area contributed by atoms with Crippen molar-refractivity contribution >= 4 is 5.91 Å². The molecule has 2 saturated heterocycles. The molecule has 1 amide bonds. The van der Waals surface area contributed by atoms with E-state index in [0.717, 1.165) is 82.0 Å². The molecule has 1 atom stereocenters. The molecule has 1 N–H and O–H groups in total. The van der Waals surface area contributed by atoms with Crippen molar-refractivity contribution in [1.82, 2.24) is 19.8 Å². The van der Waals surface area contributed by atoms with E-state index in [-0.39, 0.29) is 17.5 Å². The minimum absolute atomic E-state index is 0.0120. The Labute approximate surface area is 184 Å². The van der Waals surface area contributed by atoms with E-state index in [1.54, 1.807) is 0 Å². The number of rotatable bonds is 5. The second-order valence-corrected chi connectivity index (χ2v) is 9.87. The molecular weight excluding hydrogens is 392 g/mol. The third-order valence-corrected chi connectivity index (χ3v) is 7.95. The van der Waals surface area contributed by atoms with Crippen molar-refractivity contribution in [2.45, 2.75) is 89.3 Å². The summed E-state index contributed by atoms with van der Waals surface area (Å²) >= 11 is 0. The summed E-state index contributed by atoms with van der Waals surface area (Å²) in [5, 5.41) is 0. The van der Waals surface area contributed by atoms with Crippen LogP contribution in [-0.4, -0.2) is 58.0 Å². The lowest BCUT2D eigenvalue weighted by molar-refractivity contribution is -0.132. The monoisotopic (exact) mass is 428 g/mol. The number of hydrogen-bond donors (Lipinski definition) is 1. The fourth-order valence-corrected chi connectivity index (χ4v) is 6.10. The molecule has 1 aromatic heterocycles. The molecule has 7 nitrogen and oxygen atoms in total. The molecule has 7 heteroatoms. The lowest BCUT2D eigenvalue weighted by atomic mass is 10.0. The van der Waals surface area contributed by atoms with Gasteiger partial charge >= 0.3 is 0 Å². The highest BCUT2D eigenvalue weighted by molar-refractivity contribution is 5.76. The highest BCUT2D eigenvalue weighted by atomic mass is 16.5. The second-order valence-electron chi connectivity index (χ2n) is 9.87. The maximum absolute atomic E-state index is 13.0. The number of aromatic nitrogens is 2. The Morgan fingerprint density at radius 2 is 1.87 bits per heavy atom. The van der Waals surface area contributed by atoms with Crippen molar-refractivity contribution in [3.8, 4) is 0 Å². The number of H-pyrrole nitrogens is 1. The van der Waals surface area contributed by atoms with Gasteiger partial charge in [0.1, 0.15) is 5.82 Å². The van der Waals surface area contributed by atoms with Gasteiger partial charge in [-0.1, -0.05) is 25.7 Å². The van der Waals surface area contributed by atoms with Crippen LogP contribution >= 0.6 is 0 Å². The molecule has 1 aliphatic carbocycles. The summed E-state index contributed by atoms with van der Waals surface area (Å²) in [6.45, 7) is 4.04. The third-order valence-electron chi connectivity index (χ3n) is 7.95. The molecule has 1 aromatic rings. The number of likely N-dealkylation sites (tertiary alicyclic amines) is 1. The van der Waals surface area contributed by atoms with E-state index in [1.165, 1.54) is 25.7 Å². The Balaban J connectivity index is 1.27. The molecule has 0 bridgehead atoms. The van der Waals surface area contributed by atoms with Gasteiger partial charge in [0, 0.05) is 51.7 Å². The summed E-state index contributed by atoms with van der Waals surface area (Å²) < 4.78 is 5.49. The van der Waals surface area contributed by atoms with Crippen LogP contribution in [0.15, 0.2) is 4.79 Å². The highest BCUT2D eigenvalue weighted by Crippen LogP contribution is 2.33. The first-order valence-electron chi connectivity index (χ1n) is 12.4. The predicted molar refractivity (Wildman–Crippen MR) is 118 cm³/mol. The quantitative estimate of drug-likeness (QED) is 0.780. The van der Waals surface area contributed by atoms with Crippen LogP contribution in [-0.2, 0) is 22.5 Å². The zero-order chi connectivity index (χ0) is 21.2. The van der Waals surface area contributed by atoms with Crippen molar-refractivity contribution in [2.75, 3.05) is 26.3 Å². The van der Waals surface area contributed by atoms with Crippen LogP contribution in [0.2, 0.25) is 0 Å². The van der Waals surface area contributed by atoms with Crippen LogP contribution in [0.25, 0.3) is 0 Å². The first-order chi connectivity index (χ1) is 15.2. The molecular formula is C24H36N4O3. The Morgan fingerprint density at radius 1 is 1.06 bits per heavy atom. The van der Waals surface area contributed by atoms with Gasteiger partial charge in [0.25, 0.3) is 5.56 Å². The van der Waals surface area contributed by atoms with Crippen molar-refractivity contribution in [2.24, 2.45) is 5.92 Å². The molecule has 4 aliphatic rings. The molecule has 5 rings (SSSR count). The van der Waals surface area contributed by atoms with Crippen molar-refractivity contribution in [1.29, 1.82) is 0 Å². The number of nitrogens with one attached hydrogen (secondary N) is 1. The van der Waals surface area contributed by atoms with E-state index in [1.807, 2.05) is 4.90 Å². The molecule has 170 valence electrons. The van der Waals surface area contributed by atoms with Gasteiger partial charge in [0.2, 0.25) is 5.91 Å². The van der Waals surface area contributed by atoms with E-state index in [0.29, 0.717) is 24.8 Å². The summed E-state index contributed by atoms with van der Waals surface area (Å²) in [5.74, 6) is 1.67. The number of amides is 1. The number of carbonyl (C=O) groups is 1. The maximum atomic E-state index is 13.0. The van der Waals surface area contributed by atoms with Gasteiger partial charge in [-0.3, -0.25) is 14.5 Å². The Bertz CT molecular complexity index is 842. The number of aromatic amines is 1. The predicted octanol–water partition coefficient (Wildman–Crippen LogP) is 2.94. The largest absolute Gasteiger partial charge is 0.381 e. The zero-order valence-electron chi connectivity index (χ0n) is 18.6. The van der Waals surface area contributed by atoms with Gasteiger partial charge in [0.05, 0.1) is 17.3 Å². The van der Waals surface area contributed by atoms with Gasteiger partial charge in [0.15, 0.2) is 0 Å². The van der Waals surface area contributed by atoms with Crippen molar-refractivity contribution < 1.29 is 9.53 Å². The van der Waals surface area contributed by atoms with E-state index in [4.69, 9.17) is 9.72 Å². The fraction of sp³-hybridized carbons (Fsp3) is 0.792. The molecule has 0 unspecified atom stereocenters. The molecule has 1 saturated carbocycles. The molecule has 4 heterocycles. The van der Waals surface area contributed by atoms with Gasteiger partial charge in [-0.25, -0.2) is 4.98 Å². The van der Waals surface area contributed by atoms with Crippen LogP contribution in [0, 0.1) is 5.92 Å². The summed E-state index contributed by atoms with van der Waals surface area (Å²) in [6.07, 6.45) is 11.6. The lowest BCUT2D eigenvalue weighted by Crippen LogP contribution is -2.44. The van der Waals surface area contributed by atoms with Crippen LogP contribution in [0.1, 0.15) is 87.3 Å². The summed E-state index contributed by atoms with van der Waals surface area (Å²) in [6, 6.07) is 0.436. The fourth-order valence-electron chi connectivity index (χ4n) is 6.10. The normalized spacial score (nSPS) is 25.8. The first kappa shape index (κ1) is 21.1. The average Bonchev–Trinajstić information content (AvgIpc) is 3.50. The second kappa shape index (κ2) is 9.41. The highest BCUT2D eigenvalue weighted by Gasteiger charge is 2.34. The average molecular weight is 429 g/mol. The molecule has 0 spiro atoms. The smallest absolute Gasteiger partial charge is 0.255 e. The minimum atomic E-state index is -0.0670. The molecule has 3 fully saturated rings. The van der Waals surface area contributed by atoms with E-state index in [2.05, 4.69) is 9.88 Å². The summed E-state index contributed by atoms with van der Waals surface area (Å²) in [4.78, 5) is 38.3. The number of fused-ring (bicyclic) bond motifs is 1. The Morgan fingerprint density at radius 3 is 2.68 bits per heavy atom. The summed E-state index contributed by atoms with van der Waals surface area (Å²) in [5.41, 5.74) is 1.74. The standard InChI is InChI=1S/C24H36N4O3/c29-22(8-7-17-4-1-2-5-17)28-12-3-6-21(28)23-25-20-9-13-27(16-19(20)24(30)26-23)18-10-14-31-15-11-18/h17-18,21H,1-16H2,(H,25,26,30)/t21-/m1/s1. The number of ether oxygens (including phenoxy) is 1. The SMILES string of the molecule is O=C(CCC1CCCC1)N1CCC[C@@H]1c1nc2c(c(=O)[nH]1)CN(C1CCOCC1)CC2. The van der Waals surface area contributed by atoms with Gasteiger partial charge < -0.3 is 14.6 Å². The summed E-state index contributed by atoms with van der Waals surface area (Å²) in [7, 11) is 0. The number of nitrogens with zero attached hydrogens (tertiary/aromatic N) is 3. The maximum Gasteiger partial charge on any atom is 0.255 e. The Hall–Kier alpha value is -1.73. The molecule has 0 aromatic carbocycles. The molecule has 31 heavy (non-hydrogen) atoms. The first-order valence-corrected chi connectivity index (χ1v) is 12.4. The van der Waals surface area contributed by atoms with E-state index in [9.17, 15) is 9.59 Å². The zero-order valence-corrected chi connectivity index (χ0v) is 18.6. The number of hydrogen-bond acceptors (Lipinski definition) is 5. The van der Waals surface area contributed by atoms with E-state index < -0.39 is 0 Å². The molecule has 3 aliphatic heterocycles. The minimum Gasteiger partial charge on any atom is -0.381 e. The third kappa shape index (κ3) is 4.58. The Kier molecular flexibility index (Phi) is 6.41. The van der Waals surface area contributed by atoms with Crippen molar-refractivity contribution in [3.63, 3.8) is 0 Å². The van der Waals surface area contributed by atoms with Gasteiger partial charge in [-0.15, -0.1) is 0 Å². The molecule has 0 radical (unpaired) electrons. The lowest BCUT2D eigenvalue weighted by Gasteiger charge is -2.37. The van der Waals surface area contributed by atoms with Crippen LogP contribution in [0.4, 0.5) is 0 Å². The van der Waals surface area contributed by atoms with Crippen LogP contribution in [0.3, 0.4) is 0 Å². The van der Waals surface area contributed by atoms with Gasteiger partial charge in [-0.2, -0.15) is 0 Å². The van der Waals surface area contributed by atoms with E-state index >= 15 is 0 Å². The van der Waals surface area contributed by atoms with Crippen LogP contribution < -0.4 is 5.56 Å².